The summed E-state index contributed by atoms with van der Waals surface area (Å²) in [6.07, 6.45) is 0. The quantitative estimate of drug-likeness (QED) is 0.785. The summed E-state index contributed by atoms with van der Waals surface area (Å²) < 4.78 is 4.98. The zero-order valence-corrected chi connectivity index (χ0v) is 15.7. The molecule has 0 atom stereocenters. The van der Waals surface area contributed by atoms with Crippen LogP contribution in [0.1, 0.15) is 15.9 Å². The van der Waals surface area contributed by atoms with Crippen molar-refractivity contribution in [3.63, 3.8) is 0 Å². The monoisotopic (exact) mass is 376 g/mol. The summed E-state index contributed by atoms with van der Waals surface area (Å²) in [5.41, 5.74) is 1.95. The molecule has 0 spiro atoms. The molecular formula is C19H21ClN2O4. The first-order chi connectivity index (χ1) is 12.3. The third kappa shape index (κ3) is 5.13. The van der Waals surface area contributed by atoms with Crippen LogP contribution in [0.25, 0.3) is 0 Å². The molecule has 1 amide bonds. The number of carbonyl (C=O) groups excluding carboxylic acids is 2. The fourth-order valence-electron chi connectivity index (χ4n) is 2.25. The highest BCUT2D eigenvalue weighted by Gasteiger charge is 2.17. The smallest absolute Gasteiger partial charge is 0.342 e. The minimum Gasteiger partial charge on any atom is -0.507 e. The molecular weight excluding hydrogens is 356 g/mol. The largest absolute Gasteiger partial charge is 0.507 e. The van der Waals surface area contributed by atoms with Gasteiger partial charge in [0.2, 0.25) is 0 Å². The third-order valence-corrected chi connectivity index (χ3v) is 4.04. The van der Waals surface area contributed by atoms with Gasteiger partial charge in [-0.1, -0.05) is 23.7 Å². The zero-order chi connectivity index (χ0) is 19.3. The van der Waals surface area contributed by atoms with Gasteiger partial charge in [-0.2, -0.15) is 0 Å². The van der Waals surface area contributed by atoms with Crippen LogP contribution in [-0.2, 0) is 16.1 Å². The fourth-order valence-corrected chi connectivity index (χ4v) is 2.42. The van der Waals surface area contributed by atoms with Crippen molar-refractivity contribution in [1.29, 1.82) is 0 Å². The van der Waals surface area contributed by atoms with Gasteiger partial charge in [-0.3, -0.25) is 4.79 Å². The first kappa shape index (κ1) is 19.6. The summed E-state index contributed by atoms with van der Waals surface area (Å²) in [5.74, 6) is -1.40. The molecule has 0 unspecified atom stereocenters. The van der Waals surface area contributed by atoms with Crippen LogP contribution in [0.5, 0.6) is 5.75 Å². The van der Waals surface area contributed by atoms with Crippen molar-refractivity contribution < 1.29 is 19.4 Å². The molecule has 0 saturated heterocycles. The van der Waals surface area contributed by atoms with E-state index in [1.54, 1.807) is 7.05 Å². The number of hydrogen-bond donors (Lipinski definition) is 1. The lowest BCUT2D eigenvalue weighted by Crippen LogP contribution is -2.30. The number of halogens is 1. The summed E-state index contributed by atoms with van der Waals surface area (Å²) >= 11 is 5.80. The molecule has 2 rings (SSSR count). The van der Waals surface area contributed by atoms with Gasteiger partial charge in [0, 0.05) is 38.4 Å². The molecule has 0 aliphatic heterocycles. The third-order valence-electron chi connectivity index (χ3n) is 3.80. The minimum absolute atomic E-state index is 0.0766. The maximum Gasteiger partial charge on any atom is 0.342 e. The van der Waals surface area contributed by atoms with Crippen LogP contribution in [0.15, 0.2) is 42.5 Å². The number of phenols is 1. The summed E-state index contributed by atoms with van der Waals surface area (Å²) in [6, 6.07) is 11.9. The molecule has 0 aliphatic carbocycles. The number of amides is 1. The second-order valence-corrected chi connectivity index (χ2v) is 6.48. The van der Waals surface area contributed by atoms with Crippen LogP contribution < -0.4 is 4.90 Å². The van der Waals surface area contributed by atoms with Crippen molar-refractivity contribution in [2.45, 2.75) is 6.54 Å². The molecule has 0 saturated carbocycles. The molecule has 7 heteroatoms. The van der Waals surface area contributed by atoms with Gasteiger partial charge in [0.15, 0.2) is 6.61 Å². The Bertz CT molecular complexity index is 791. The number of nitrogens with zero attached hydrogens (tertiary/aromatic N) is 2. The molecule has 6 nitrogen and oxygen atoms in total. The second-order valence-electron chi connectivity index (χ2n) is 6.05. The Morgan fingerprint density at radius 1 is 1.08 bits per heavy atom. The van der Waals surface area contributed by atoms with E-state index >= 15 is 0 Å². The number of phenolic OH excluding ortho intramolecular Hbond substituents is 1. The van der Waals surface area contributed by atoms with E-state index in [1.807, 2.05) is 43.3 Å². The van der Waals surface area contributed by atoms with Crippen LogP contribution >= 0.6 is 11.6 Å². The van der Waals surface area contributed by atoms with Crippen molar-refractivity contribution in [3.8, 4) is 5.75 Å². The predicted octanol–water partition coefficient (Wildman–Crippen LogP) is 2.93. The van der Waals surface area contributed by atoms with Crippen LogP contribution in [0.4, 0.5) is 5.69 Å². The van der Waals surface area contributed by atoms with E-state index in [2.05, 4.69) is 0 Å². The topological polar surface area (TPSA) is 70.1 Å². The van der Waals surface area contributed by atoms with Crippen molar-refractivity contribution in [1.82, 2.24) is 4.90 Å². The van der Waals surface area contributed by atoms with Gasteiger partial charge in [-0.15, -0.1) is 0 Å². The number of anilines is 1. The van der Waals surface area contributed by atoms with Crippen molar-refractivity contribution in [3.05, 3.63) is 58.6 Å². The average Bonchev–Trinajstić information content (AvgIpc) is 2.61. The van der Waals surface area contributed by atoms with Gasteiger partial charge >= 0.3 is 5.97 Å². The number of esters is 1. The summed E-state index contributed by atoms with van der Waals surface area (Å²) in [5, 5.41) is 9.97. The lowest BCUT2D eigenvalue weighted by molar-refractivity contribution is -0.133. The van der Waals surface area contributed by atoms with Crippen molar-refractivity contribution in [2.24, 2.45) is 0 Å². The van der Waals surface area contributed by atoms with Gasteiger partial charge in [0.1, 0.15) is 11.3 Å². The molecule has 138 valence electrons. The molecule has 0 bridgehead atoms. The van der Waals surface area contributed by atoms with Gasteiger partial charge in [0.25, 0.3) is 5.91 Å². The van der Waals surface area contributed by atoms with E-state index in [4.69, 9.17) is 16.3 Å². The fraction of sp³-hybridized carbons (Fsp3) is 0.263. The Kier molecular flexibility index (Phi) is 6.46. The minimum atomic E-state index is -0.804. The van der Waals surface area contributed by atoms with E-state index in [9.17, 15) is 14.7 Å². The number of ether oxygens (including phenoxy) is 1. The van der Waals surface area contributed by atoms with E-state index in [0.29, 0.717) is 11.6 Å². The predicted molar refractivity (Wildman–Crippen MR) is 101 cm³/mol. The molecule has 0 aliphatic rings. The molecule has 0 radical (unpaired) electrons. The molecule has 26 heavy (non-hydrogen) atoms. The van der Waals surface area contributed by atoms with Crippen LogP contribution in [0.2, 0.25) is 5.02 Å². The van der Waals surface area contributed by atoms with Gasteiger partial charge < -0.3 is 19.6 Å². The van der Waals surface area contributed by atoms with Gasteiger partial charge in [-0.05, 0) is 35.9 Å². The molecule has 0 fully saturated rings. The van der Waals surface area contributed by atoms with Crippen molar-refractivity contribution >= 4 is 29.2 Å². The molecule has 0 heterocycles. The maximum atomic E-state index is 12.2. The Labute approximate surface area is 157 Å². The van der Waals surface area contributed by atoms with Crippen LogP contribution in [-0.4, -0.2) is 49.6 Å². The Morgan fingerprint density at radius 2 is 1.73 bits per heavy atom. The van der Waals surface area contributed by atoms with Crippen LogP contribution in [0, 0.1) is 0 Å². The lowest BCUT2D eigenvalue weighted by Gasteiger charge is -2.18. The van der Waals surface area contributed by atoms with Gasteiger partial charge in [0.05, 0.1) is 0 Å². The molecule has 0 aromatic heterocycles. The van der Waals surface area contributed by atoms with E-state index in [0.717, 1.165) is 11.3 Å². The standard InChI is InChI=1S/C19H21ClN2O4/c1-21(2)15-7-4-13(5-8-15)11-22(3)18(24)12-26-19(25)16-10-14(20)6-9-17(16)23/h4-10,23H,11-12H2,1-3H3. The summed E-state index contributed by atoms with van der Waals surface area (Å²) in [7, 11) is 5.54. The SMILES string of the molecule is CN(Cc1ccc(N(C)C)cc1)C(=O)COC(=O)c1cc(Cl)ccc1O. The number of benzene rings is 2. The number of carbonyl (C=O) groups is 2. The molecule has 2 aromatic rings. The highest BCUT2D eigenvalue weighted by atomic mass is 35.5. The lowest BCUT2D eigenvalue weighted by atomic mass is 10.2. The number of aromatic hydroxyl groups is 1. The second kappa shape index (κ2) is 8.58. The Hall–Kier alpha value is -2.73. The number of hydrogen-bond acceptors (Lipinski definition) is 5. The summed E-state index contributed by atoms with van der Waals surface area (Å²) in [6.45, 7) is -0.0242. The Balaban J connectivity index is 1.90. The first-order valence-electron chi connectivity index (χ1n) is 7.94. The zero-order valence-electron chi connectivity index (χ0n) is 14.9. The van der Waals surface area contributed by atoms with E-state index in [1.165, 1.54) is 23.1 Å². The summed E-state index contributed by atoms with van der Waals surface area (Å²) in [4.78, 5) is 27.6. The number of likely N-dealkylation sites (N-methyl/N-ethyl adjacent to an activating group) is 1. The molecule has 1 N–H and O–H groups in total. The maximum absolute atomic E-state index is 12.2. The highest BCUT2D eigenvalue weighted by molar-refractivity contribution is 6.31. The van der Waals surface area contributed by atoms with Crippen molar-refractivity contribution in [2.75, 3.05) is 32.6 Å². The molecule has 2 aromatic carbocycles. The first-order valence-corrected chi connectivity index (χ1v) is 8.31. The van der Waals surface area contributed by atoms with Gasteiger partial charge in [-0.25, -0.2) is 4.79 Å². The van der Waals surface area contributed by atoms with E-state index in [-0.39, 0.29) is 17.2 Å². The number of rotatable bonds is 6. The Morgan fingerprint density at radius 3 is 2.35 bits per heavy atom. The van der Waals surface area contributed by atoms with E-state index < -0.39 is 12.6 Å². The average molecular weight is 377 g/mol. The van der Waals surface area contributed by atoms with Crippen LogP contribution in [0.3, 0.4) is 0 Å². The normalized spacial score (nSPS) is 10.3. The highest BCUT2D eigenvalue weighted by Crippen LogP contribution is 2.22.